The predicted octanol–water partition coefficient (Wildman–Crippen LogP) is 8.60. The van der Waals surface area contributed by atoms with Crippen LogP contribution < -0.4 is 0 Å². The molecule has 0 aliphatic heterocycles. The first-order chi connectivity index (χ1) is 19.4. The van der Waals surface area contributed by atoms with Crippen LogP contribution in [0, 0.1) is 19.7 Å². The summed E-state index contributed by atoms with van der Waals surface area (Å²) in [5.74, 6) is -3.30. The number of phenolic OH excluding ortho intramolecular Hbond substituents is 1. The number of nitrogens with zero attached hydrogens (tertiary/aromatic N) is 3. The second-order valence-corrected chi connectivity index (χ2v) is 9.38. The van der Waals surface area contributed by atoms with E-state index >= 15 is 0 Å². The third-order valence-electron chi connectivity index (χ3n) is 6.77. The molecule has 5 rings (SSSR count). The van der Waals surface area contributed by atoms with Gasteiger partial charge in [0.2, 0.25) is 5.88 Å². The Hall–Kier alpha value is -5.19. The number of azo groups is 1. The number of aromatic nitrogens is 1. The van der Waals surface area contributed by atoms with Crippen molar-refractivity contribution in [2.75, 3.05) is 0 Å². The minimum absolute atomic E-state index is 0.0417. The van der Waals surface area contributed by atoms with Gasteiger partial charge >= 0.3 is 12.1 Å². The number of hydrogen-bond donors (Lipinski definition) is 3. The van der Waals surface area contributed by atoms with Crippen LogP contribution in [-0.2, 0) is 6.18 Å². The van der Waals surface area contributed by atoms with Gasteiger partial charge in [-0.15, -0.1) is 10.2 Å². The summed E-state index contributed by atoms with van der Waals surface area (Å²) < 4.78 is 55.8. The predicted molar refractivity (Wildman–Crippen MR) is 144 cm³/mol. The highest BCUT2D eigenvalue weighted by atomic mass is 19.4. The largest absolute Gasteiger partial charge is 0.505 e. The van der Waals surface area contributed by atoms with Gasteiger partial charge < -0.3 is 15.3 Å². The summed E-state index contributed by atoms with van der Waals surface area (Å²) in [4.78, 5) is 11.3. The van der Waals surface area contributed by atoms with Crippen LogP contribution in [0.1, 0.15) is 27.0 Å². The van der Waals surface area contributed by atoms with E-state index in [0.717, 1.165) is 35.4 Å². The van der Waals surface area contributed by atoms with Crippen LogP contribution >= 0.6 is 0 Å². The van der Waals surface area contributed by atoms with E-state index in [0.29, 0.717) is 5.69 Å². The molecule has 0 atom stereocenters. The maximum Gasteiger partial charge on any atom is 0.416 e. The smallest absolute Gasteiger partial charge is 0.416 e. The molecule has 4 aromatic carbocycles. The van der Waals surface area contributed by atoms with E-state index in [4.69, 9.17) is 0 Å². The fraction of sp³-hybridized carbons (Fsp3) is 0.100. The van der Waals surface area contributed by atoms with Crippen molar-refractivity contribution in [3.05, 3.63) is 101 Å². The molecule has 5 aromatic rings. The molecule has 0 saturated carbocycles. The number of para-hydroxylation sites is 1. The molecule has 0 spiro atoms. The molecular formula is C30H21F4N3O4. The number of carbonyl (C=O) groups is 1. The Kier molecular flexibility index (Phi) is 6.74. The van der Waals surface area contributed by atoms with Gasteiger partial charge in [-0.1, -0.05) is 24.3 Å². The van der Waals surface area contributed by atoms with Gasteiger partial charge in [-0.25, -0.2) is 9.18 Å². The molecule has 1 heterocycles. The minimum atomic E-state index is -4.63. The van der Waals surface area contributed by atoms with Crippen LogP contribution in [0.25, 0.3) is 27.7 Å². The van der Waals surface area contributed by atoms with E-state index in [2.05, 4.69) is 10.2 Å². The summed E-state index contributed by atoms with van der Waals surface area (Å²) >= 11 is 0. The monoisotopic (exact) mass is 563 g/mol. The van der Waals surface area contributed by atoms with Gasteiger partial charge in [0.15, 0.2) is 11.4 Å². The topological polar surface area (TPSA) is 107 Å². The average molecular weight is 564 g/mol. The molecule has 11 heteroatoms. The molecule has 0 amide bonds. The quantitative estimate of drug-likeness (QED) is 0.147. The van der Waals surface area contributed by atoms with Crippen molar-refractivity contribution in [2.24, 2.45) is 10.2 Å². The number of hydrogen-bond acceptors (Lipinski definition) is 5. The third-order valence-corrected chi connectivity index (χ3v) is 6.77. The number of aromatic hydroxyl groups is 2. The number of aromatic carboxylic acids is 1. The first-order valence-electron chi connectivity index (χ1n) is 12.2. The molecule has 208 valence electrons. The molecule has 0 aliphatic carbocycles. The fourth-order valence-corrected chi connectivity index (χ4v) is 4.46. The molecule has 41 heavy (non-hydrogen) atoms. The standard InChI is InChI=1S/C30H21F4N3O4/c1-15-6-9-19(12-16(15)2)37-25-14-18(30(32,33)34)8-10-21(25)26(28(37)39)36-35-24-5-3-4-20(27(24)38)17-7-11-23(31)22(13-17)29(40)41/h3-14,38-39H,1-2H3,(H,40,41). The van der Waals surface area contributed by atoms with Crippen molar-refractivity contribution in [1.82, 2.24) is 4.57 Å². The summed E-state index contributed by atoms with van der Waals surface area (Å²) in [5, 5.41) is 39.6. The van der Waals surface area contributed by atoms with Crippen LogP contribution in [0.15, 0.2) is 83.0 Å². The molecule has 1 aromatic heterocycles. The molecule has 0 radical (unpaired) electrons. The Morgan fingerprint density at radius 3 is 2.32 bits per heavy atom. The third kappa shape index (κ3) is 4.97. The number of rotatable bonds is 5. The zero-order valence-corrected chi connectivity index (χ0v) is 21.5. The maximum absolute atomic E-state index is 13.9. The van der Waals surface area contributed by atoms with E-state index in [-0.39, 0.29) is 33.4 Å². The molecule has 0 unspecified atom stereocenters. The number of phenols is 1. The zero-order chi connectivity index (χ0) is 29.6. The Labute approximate surface area is 230 Å². The number of carboxylic acids is 1. The van der Waals surface area contributed by atoms with Gasteiger partial charge in [0.05, 0.1) is 16.6 Å². The zero-order valence-electron chi connectivity index (χ0n) is 21.5. The van der Waals surface area contributed by atoms with Crippen LogP contribution in [-0.4, -0.2) is 25.9 Å². The first-order valence-corrected chi connectivity index (χ1v) is 12.2. The molecule has 3 N–H and O–H groups in total. The number of alkyl halides is 3. The highest BCUT2D eigenvalue weighted by Gasteiger charge is 2.32. The fourth-order valence-electron chi connectivity index (χ4n) is 4.46. The number of aryl methyl sites for hydroxylation is 2. The van der Waals surface area contributed by atoms with Crippen molar-refractivity contribution in [2.45, 2.75) is 20.0 Å². The lowest BCUT2D eigenvalue weighted by molar-refractivity contribution is -0.137. The highest BCUT2D eigenvalue weighted by Crippen LogP contribution is 2.45. The van der Waals surface area contributed by atoms with Gasteiger partial charge in [0.25, 0.3) is 0 Å². The second-order valence-electron chi connectivity index (χ2n) is 9.38. The molecule has 7 nitrogen and oxygen atoms in total. The summed E-state index contributed by atoms with van der Waals surface area (Å²) in [6, 6.07) is 15.8. The summed E-state index contributed by atoms with van der Waals surface area (Å²) in [6.45, 7) is 3.71. The Morgan fingerprint density at radius 2 is 1.63 bits per heavy atom. The van der Waals surface area contributed by atoms with Gasteiger partial charge in [0, 0.05) is 16.6 Å². The van der Waals surface area contributed by atoms with Gasteiger partial charge in [0.1, 0.15) is 11.5 Å². The Bertz CT molecular complexity index is 1880. The van der Waals surface area contributed by atoms with Crippen molar-refractivity contribution in [3.63, 3.8) is 0 Å². The van der Waals surface area contributed by atoms with Crippen molar-refractivity contribution in [1.29, 1.82) is 0 Å². The van der Waals surface area contributed by atoms with Gasteiger partial charge in [-0.2, -0.15) is 13.2 Å². The molecule has 0 bridgehead atoms. The number of benzene rings is 4. The van der Waals surface area contributed by atoms with E-state index in [1.54, 1.807) is 18.2 Å². The molecule has 0 fully saturated rings. The lowest BCUT2D eigenvalue weighted by Gasteiger charge is -2.11. The van der Waals surface area contributed by atoms with Gasteiger partial charge in [-0.3, -0.25) is 4.57 Å². The Balaban J connectivity index is 1.65. The average Bonchev–Trinajstić information content (AvgIpc) is 3.19. The Morgan fingerprint density at radius 1 is 0.878 bits per heavy atom. The first kappa shape index (κ1) is 27.4. The lowest BCUT2D eigenvalue weighted by Crippen LogP contribution is -2.05. The number of carboxylic acid groups (broad SMARTS) is 1. The van der Waals surface area contributed by atoms with Crippen LogP contribution in [0.5, 0.6) is 11.6 Å². The van der Waals surface area contributed by atoms with Crippen molar-refractivity contribution >= 4 is 28.2 Å². The van der Waals surface area contributed by atoms with Gasteiger partial charge in [-0.05, 0) is 79.1 Å². The molecule has 0 aliphatic rings. The van der Waals surface area contributed by atoms with E-state index in [1.807, 2.05) is 13.8 Å². The SMILES string of the molecule is Cc1ccc(-n2c(O)c(N=Nc3cccc(-c4ccc(F)c(C(=O)O)c4)c3O)c3ccc(C(F)(F)F)cc32)cc1C. The molecular weight excluding hydrogens is 542 g/mol. The summed E-state index contributed by atoms with van der Waals surface area (Å²) in [5.41, 5.74) is 0.881. The summed E-state index contributed by atoms with van der Waals surface area (Å²) in [7, 11) is 0. The van der Waals surface area contributed by atoms with E-state index in [9.17, 15) is 37.7 Å². The maximum atomic E-state index is 13.9. The molecule has 0 saturated heterocycles. The van der Waals surface area contributed by atoms with E-state index < -0.39 is 40.7 Å². The van der Waals surface area contributed by atoms with Crippen molar-refractivity contribution in [3.8, 4) is 28.4 Å². The van der Waals surface area contributed by atoms with Crippen LogP contribution in [0.2, 0.25) is 0 Å². The second kappa shape index (κ2) is 10.1. The highest BCUT2D eigenvalue weighted by molar-refractivity contribution is 5.97. The number of fused-ring (bicyclic) bond motifs is 1. The number of halogens is 4. The minimum Gasteiger partial charge on any atom is -0.505 e. The summed E-state index contributed by atoms with van der Waals surface area (Å²) in [6.07, 6.45) is -4.63. The lowest BCUT2D eigenvalue weighted by atomic mass is 10.0. The van der Waals surface area contributed by atoms with Crippen LogP contribution in [0.4, 0.5) is 28.9 Å². The normalized spacial score (nSPS) is 12.0. The van der Waals surface area contributed by atoms with Crippen molar-refractivity contribution < 1.29 is 37.7 Å². The van der Waals surface area contributed by atoms with Crippen LogP contribution in [0.3, 0.4) is 0 Å². The van der Waals surface area contributed by atoms with E-state index in [1.165, 1.54) is 34.9 Å².